The summed E-state index contributed by atoms with van der Waals surface area (Å²) in [6.45, 7) is 0.217. The van der Waals surface area contributed by atoms with E-state index < -0.39 is 5.82 Å². The molecule has 2 rings (SSSR count). The first-order chi connectivity index (χ1) is 9.08. The van der Waals surface area contributed by atoms with E-state index in [2.05, 4.69) is 15.9 Å². The zero-order valence-electron chi connectivity index (χ0n) is 10.3. The summed E-state index contributed by atoms with van der Waals surface area (Å²) >= 11 is 3.27. The molecule has 2 aromatic carbocycles. The highest BCUT2D eigenvalue weighted by molar-refractivity contribution is 9.10. The fourth-order valence-electron chi connectivity index (χ4n) is 1.64. The van der Waals surface area contributed by atoms with Gasteiger partial charge in [-0.2, -0.15) is 0 Å². The molecule has 0 aliphatic carbocycles. The Morgan fingerprint density at radius 2 is 2.00 bits per heavy atom. The van der Waals surface area contributed by atoms with Crippen molar-refractivity contribution in [3.05, 3.63) is 52.3 Å². The molecule has 0 saturated heterocycles. The van der Waals surface area contributed by atoms with Crippen LogP contribution >= 0.6 is 15.9 Å². The van der Waals surface area contributed by atoms with Gasteiger partial charge in [0.05, 0.1) is 7.11 Å². The van der Waals surface area contributed by atoms with Gasteiger partial charge in [-0.25, -0.2) is 4.39 Å². The molecule has 0 bridgehead atoms. The summed E-state index contributed by atoms with van der Waals surface area (Å²) in [4.78, 5) is 0. The molecule has 0 spiro atoms. The van der Waals surface area contributed by atoms with Gasteiger partial charge in [0, 0.05) is 16.2 Å². The molecule has 0 heterocycles. The number of hydrogen-bond acceptors (Lipinski definition) is 3. The third-order valence-electron chi connectivity index (χ3n) is 2.51. The average Bonchev–Trinajstić information content (AvgIpc) is 2.39. The molecule has 0 saturated carbocycles. The second-order valence-electron chi connectivity index (χ2n) is 3.98. The predicted molar refractivity (Wildman–Crippen MR) is 75.8 cm³/mol. The third-order valence-corrected chi connectivity index (χ3v) is 3.01. The fraction of sp³-hybridized carbons (Fsp3) is 0.143. The van der Waals surface area contributed by atoms with Gasteiger partial charge in [-0.3, -0.25) is 0 Å². The second kappa shape index (κ2) is 5.93. The molecule has 0 atom stereocenters. The molecule has 2 aromatic rings. The van der Waals surface area contributed by atoms with Crippen LogP contribution in [0.25, 0.3) is 0 Å². The van der Waals surface area contributed by atoms with Crippen LogP contribution in [0.4, 0.5) is 10.1 Å². The maximum atomic E-state index is 13.5. The first-order valence-electron chi connectivity index (χ1n) is 5.60. The van der Waals surface area contributed by atoms with Crippen LogP contribution in [0.3, 0.4) is 0 Å². The minimum Gasteiger partial charge on any atom is -0.497 e. The van der Waals surface area contributed by atoms with Crippen molar-refractivity contribution >= 4 is 21.6 Å². The van der Waals surface area contributed by atoms with Crippen LogP contribution in [0.1, 0.15) is 5.56 Å². The van der Waals surface area contributed by atoms with Gasteiger partial charge in [-0.1, -0.05) is 15.9 Å². The molecule has 0 aromatic heterocycles. The molecule has 0 radical (unpaired) electrons. The SMILES string of the molecule is COc1cc(N)cc(COc2cc(Br)ccc2F)c1. The average molecular weight is 326 g/mol. The van der Waals surface area contributed by atoms with Gasteiger partial charge in [-0.05, 0) is 35.9 Å². The van der Waals surface area contributed by atoms with Crippen LogP contribution in [-0.2, 0) is 6.61 Å². The third kappa shape index (κ3) is 3.61. The lowest BCUT2D eigenvalue weighted by Crippen LogP contribution is -1.99. The molecule has 5 heteroatoms. The molecule has 0 aliphatic rings. The quantitative estimate of drug-likeness (QED) is 0.870. The van der Waals surface area contributed by atoms with Crippen LogP contribution in [0.5, 0.6) is 11.5 Å². The van der Waals surface area contributed by atoms with Crippen LogP contribution in [0, 0.1) is 5.82 Å². The number of anilines is 1. The number of rotatable bonds is 4. The summed E-state index contributed by atoms with van der Waals surface area (Å²) in [6, 6.07) is 9.82. The van der Waals surface area contributed by atoms with E-state index in [0.29, 0.717) is 11.4 Å². The number of hydrogen-bond donors (Lipinski definition) is 1. The van der Waals surface area contributed by atoms with Gasteiger partial charge in [-0.15, -0.1) is 0 Å². The topological polar surface area (TPSA) is 44.5 Å². The van der Waals surface area contributed by atoms with Gasteiger partial charge in [0.15, 0.2) is 11.6 Å². The maximum absolute atomic E-state index is 13.5. The molecular weight excluding hydrogens is 313 g/mol. The van der Waals surface area contributed by atoms with Gasteiger partial charge in [0.25, 0.3) is 0 Å². The van der Waals surface area contributed by atoms with Gasteiger partial charge in [0.2, 0.25) is 0 Å². The molecule has 0 aliphatic heterocycles. The van der Waals surface area contributed by atoms with Crippen molar-refractivity contribution < 1.29 is 13.9 Å². The number of ether oxygens (including phenoxy) is 2. The van der Waals surface area contributed by atoms with Crippen molar-refractivity contribution in [2.75, 3.05) is 12.8 Å². The molecule has 0 unspecified atom stereocenters. The van der Waals surface area contributed by atoms with Crippen molar-refractivity contribution in [2.24, 2.45) is 0 Å². The molecule has 19 heavy (non-hydrogen) atoms. The van der Waals surface area contributed by atoms with Crippen molar-refractivity contribution in [3.63, 3.8) is 0 Å². The summed E-state index contributed by atoms with van der Waals surface area (Å²) < 4.78 is 24.8. The van der Waals surface area contributed by atoms with E-state index in [1.165, 1.54) is 6.07 Å². The first kappa shape index (κ1) is 13.7. The largest absolute Gasteiger partial charge is 0.497 e. The lowest BCUT2D eigenvalue weighted by atomic mass is 10.2. The van der Waals surface area contributed by atoms with E-state index in [1.807, 2.05) is 0 Å². The lowest BCUT2D eigenvalue weighted by Gasteiger charge is -2.10. The Bertz CT molecular complexity index is 590. The number of halogens is 2. The van der Waals surface area contributed by atoms with Crippen LogP contribution in [0.15, 0.2) is 40.9 Å². The second-order valence-corrected chi connectivity index (χ2v) is 4.89. The zero-order valence-corrected chi connectivity index (χ0v) is 11.9. The number of nitrogens with two attached hydrogens (primary N) is 1. The van der Waals surface area contributed by atoms with E-state index in [0.717, 1.165) is 10.0 Å². The summed E-state index contributed by atoms with van der Waals surface area (Å²) in [7, 11) is 1.56. The fourth-order valence-corrected chi connectivity index (χ4v) is 1.98. The van der Waals surface area contributed by atoms with Crippen LogP contribution < -0.4 is 15.2 Å². The van der Waals surface area contributed by atoms with Crippen molar-refractivity contribution in [3.8, 4) is 11.5 Å². The standard InChI is InChI=1S/C14H13BrFNO2/c1-18-12-5-9(4-11(17)7-12)8-19-14-6-10(15)2-3-13(14)16/h2-7H,8,17H2,1H3. The Hall–Kier alpha value is -1.75. The molecule has 3 nitrogen and oxygen atoms in total. The first-order valence-corrected chi connectivity index (χ1v) is 6.39. The highest BCUT2D eigenvalue weighted by atomic mass is 79.9. The lowest BCUT2D eigenvalue weighted by molar-refractivity contribution is 0.289. The molecule has 100 valence electrons. The van der Waals surface area contributed by atoms with E-state index in [1.54, 1.807) is 37.4 Å². The molecule has 0 fully saturated rings. The van der Waals surface area contributed by atoms with E-state index in [4.69, 9.17) is 15.2 Å². The van der Waals surface area contributed by atoms with Crippen LogP contribution in [-0.4, -0.2) is 7.11 Å². The Morgan fingerprint density at radius 3 is 2.74 bits per heavy atom. The van der Waals surface area contributed by atoms with E-state index >= 15 is 0 Å². The summed E-state index contributed by atoms with van der Waals surface area (Å²) in [5.41, 5.74) is 7.13. The van der Waals surface area contributed by atoms with Gasteiger partial charge >= 0.3 is 0 Å². The Morgan fingerprint density at radius 1 is 1.21 bits per heavy atom. The Kier molecular flexibility index (Phi) is 4.27. The monoisotopic (exact) mass is 325 g/mol. The number of nitrogen functional groups attached to an aromatic ring is 1. The molecular formula is C14H13BrFNO2. The number of benzene rings is 2. The molecule has 2 N–H and O–H groups in total. The smallest absolute Gasteiger partial charge is 0.165 e. The summed E-state index contributed by atoms with van der Waals surface area (Å²) in [6.07, 6.45) is 0. The highest BCUT2D eigenvalue weighted by Crippen LogP contribution is 2.24. The van der Waals surface area contributed by atoms with Crippen LogP contribution in [0.2, 0.25) is 0 Å². The normalized spacial score (nSPS) is 10.3. The van der Waals surface area contributed by atoms with E-state index in [-0.39, 0.29) is 12.4 Å². The van der Waals surface area contributed by atoms with Crippen molar-refractivity contribution in [1.29, 1.82) is 0 Å². The Labute approximate surface area is 119 Å². The summed E-state index contributed by atoms with van der Waals surface area (Å²) in [5, 5.41) is 0. The maximum Gasteiger partial charge on any atom is 0.165 e. The van der Waals surface area contributed by atoms with Gasteiger partial charge < -0.3 is 15.2 Å². The Balaban J connectivity index is 2.14. The predicted octanol–water partition coefficient (Wildman–Crippen LogP) is 3.76. The molecule has 0 amide bonds. The minimum atomic E-state index is -0.404. The van der Waals surface area contributed by atoms with Crippen molar-refractivity contribution in [1.82, 2.24) is 0 Å². The number of methoxy groups -OCH3 is 1. The van der Waals surface area contributed by atoms with Gasteiger partial charge in [0.1, 0.15) is 12.4 Å². The minimum absolute atomic E-state index is 0.191. The summed E-state index contributed by atoms with van der Waals surface area (Å²) in [5.74, 6) is 0.433. The zero-order chi connectivity index (χ0) is 13.8. The van der Waals surface area contributed by atoms with Crippen molar-refractivity contribution in [2.45, 2.75) is 6.61 Å². The highest BCUT2D eigenvalue weighted by Gasteiger charge is 2.05. The van der Waals surface area contributed by atoms with E-state index in [9.17, 15) is 4.39 Å².